The second kappa shape index (κ2) is 7.38. The van der Waals surface area contributed by atoms with Gasteiger partial charge in [0.15, 0.2) is 0 Å². The molecular formula is C16H20ClN3O. The van der Waals surface area contributed by atoms with Crippen LogP contribution in [0.3, 0.4) is 0 Å². The van der Waals surface area contributed by atoms with Gasteiger partial charge in [0.25, 0.3) is 0 Å². The highest BCUT2D eigenvalue weighted by atomic mass is 35.5. The quantitative estimate of drug-likeness (QED) is 0.877. The lowest BCUT2D eigenvalue weighted by Crippen LogP contribution is -2.19. The number of ether oxygens (including phenoxy) is 1. The molecule has 0 aliphatic heterocycles. The van der Waals surface area contributed by atoms with Gasteiger partial charge in [-0.1, -0.05) is 25.4 Å². The molecule has 2 heterocycles. The maximum atomic E-state index is 5.93. The van der Waals surface area contributed by atoms with E-state index in [1.54, 1.807) is 18.5 Å². The fraction of sp³-hybridized carbons (Fsp3) is 0.375. The van der Waals surface area contributed by atoms with Crippen LogP contribution < -0.4 is 10.1 Å². The number of hydrogen-bond donors (Lipinski definition) is 1. The number of aryl methyl sites for hydroxylation is 1. The van der Waals surface area contributed by atoms with E-state index in [1.165, 1.54) is 0 Å². The first-order valence-electron chi connectivity index (χ1n) is 6.99. The topological polar surface area (TPSA) is 47.0 Å². The average Bonchev–Trinajstić information content (AvgIpc) is 2.41. The summed E-state index contributed by atoms with van der Waals surface area (Å²) in [6.07, 6.45) is 5.07. The molecule has 2 aromatic heterocycles. The van der Waals surface area contributed by atoms with Crippen molar-refractivity contribution in [3.05, 3.63) is 47.0 Å². The Morgan fingerprint density at radius 1 is 1.24 bits per heavy atom. The smallest absolute Gasteiger partial charge is 0.147 e. The van der Waals surface area contributed by atoms with Gasteiger partial charge >= 0.3 is 0 Å². The van der Waals surface area contributed by atoms with Crippen LogP contribution in [0.4, 0.5) is 0 Å². The van der Waals surface area contributed by atoms with Gasteiger partial charge in [-0.2, -0.15) is 0 Å². The third-order valence-electron chi connectivity index (χ3n) is 2.86. The van der Waals surface area contributed by atoms with Gasteiger partial charge in [-0.05, 0) is 19.4 Å². The van der Waals surface area contributed by atoms with Crippen LogP contribution in [-0.4, -0.2) is 16.5 Å². The molecule has 21 heavy (non-hydrogen) atoms. The minimum absolute atomic E-state index is 0.553. The highest BCUT2D eigenvalue weighted by Crippen LogP contribution is 2.26. The van der Waals surface area contributed by atoms with Crippen molar-refractivity contribution in [1.82, 2.24) is 15.3 Å². The van der Waals surface area contributed by atoms with E-state index in [0.717, 1.165) is 30.1 Å². The van der Waals surface area contributed by atoms with Crippen molar-refractivity contribution in [2.75, 3.05) is 6.54 Å². The molecule has 0 aliphatic carbocycles. The first-order valence-corrected chi connectivity index (χ1v) is 7.37. The molecule has 0 fully saturated rings. The van der Waals surface area contributed by atoms with E-state index in [2.05, 4.69) is 29.1 Å². The van der Waals surface area contributed by atoms with E-state index < -0.39 is 0 Å². The van der Waals surface area contributed by atoms with Crippen LogP contribution in [0.25, 0.3) is 0 Å². The molecule has 1 N–H and O–H groups in total. The van der Waals surface area contributed by atoms with Gasteiger partial charge in [0.05, 0.1) is 11.2 Å². The third-order valence-corrected chi connectivity index (χ3v) is 3.06. The number of nitrogens with zero attached hydrogens (tertiary/aromatic N) is 2. The Kier molecular flexibility index (Phi) is 5.53. The Balaban J connectivity index is 2.15. The summed E-state index contributed by atoms with van der Waals surface area (Å²) < 4.78 is 5.90. The molecule has 0 aliphatic rings. The number of rotatable bonds is 6. The van der Waals surface area contributed by atoms with Gasteiger partial charge in [-0.25, -0.2) is 0 Å². The Morgan fingerprint density at radius 2 is 2.05 bits per heavy atom. The van der Waals surface area contributed by atoms with E-state index in [0.29, 0.717) is 16.7 Å². The van der Waals surface area contributed by atoms with Crippen molar-refractivity contribution in [3.8, 4) is 11.5 Å². The maximum Gasteiger partial charge on any atom is 0.147 e. The van der Waals surface area contributed by atoms with Crippen LogP contribution in [0.2, 0.25) is 5.02 Å². The largest absolute Gasteiger partial charge is 0.455 e. The fourth-order valence-corrected chi connectivity index (χ4v) is 2.03. The number of pyridine rings is 2. The first kappa shape index (κ1) is 15.7. The van der Waals surface area contributed by atoms with E-state index in [-0.39, 0.29) is 0 Å². The van der Waals surface area contributed by atoms with Crippen molar-refractivity contribution >= 4 is 11.6 Å². The molecule has 0 spiro atoms. The molecule has 0 aromatic carbocycles. The third kappa shape index (κ3) is 4.99. The molecule has 0 amide bonds. The Bertz CT molecular complexity index is 602. The lowest BCUT2D eigenvalue weighted by molar-refractivity contribution is 0.465. The summed E-state index contributed by atoms with van der Waals surface area (Å²) in [5.41, 5.74) is 1.92. The normalized spacial score (nSPS) is 10.9. The van der Waals surface area contributed by atoms with Crippen LogP contribution in [0.5, 0.6) is 11.5 Å². The van der Waals surface area contributed by atoms with Crippen molar-refractivity contribution in [2.24, 2.45) is 5.92 Å². The molecule has 0 radical (unpaired) electrons. The van der Waals surface area contributed by atoms with Gasteiger partial charge in [0, 0.05) is 42.3 Å². The zero-order valence-corrected chi connectivity index (χ0v) is 13.3. The predicted molar refractivity (Wildman–Crippen MR) is 84.8 cm³/mol. The van der Waals surface area contributed by atoms with Gasteiger partial charge < -0.3 is 10.1 Å². The van der Waals surface area contributed by atoms with Crippen LogP contribution in [0.15, 0.2) is 30.7 Å². The van der Waals surface area contributed by atoms with Crippen molar-refractivity contribution in [1.29, 1.82) is 0 Å². The average molecular weight is 306 g/mol. The summed E-state index contributed by atoms with van der Waals surface area (Å²) in [4.78, 5) is 8.36. The van der Waals surface area contributed by atoms with E-state index in [9.17, 15) is 0 Å². The molecular weight excluding hydrogens is 286 g/mol. The van der Waals surface area contributed by atoms with Crippen molar-refractivity contribution < 1.29 is 4.74 Å². The van der Waals surface area contributed by atoms with Crippen LogP contribution in [0.1, 0.15) is 25.1 Å². The summed E-state index contributed by atoms with van der Waals surface area (Å²) in [6.45, 7) is 7.96. The number of hydrogen-bond acceptors (Lipinski definition) is 4. The van der Waals surface area contributed by atoms with Crippen LogP contribution in [-0.2, 0) is 6.54 Å². The standard InChI is InChI=1S/C16H20ClN3O/c1-11(2)6-18-7-13-8-20-12(3)4-16(13)21-15-5-14(17)9-19-10-15/h4-5,8-11,18H,6-7H2,1-3H3. The zero-order chi connectivity index (χ0) is 15.2. The van der Waals surface area contributed by atoms with Gasteiger partial charge in [0.1, 0.15) is 11.5 Å². The van der Waals surface area contributed by atoms with E-state index in [4.69, 9.17) is 16.3 Å². The molecule has 0 unspecified atom stereocenters. The fourth-order valence-electron chi connectivity index (χ4n) is 1.86. The first-order chi connectivity index (χ1) is 10.0. The highest BCUT2D eigenvalue weighted by molar-refractivity contribution is 6.30. The van der Waals surface area contributed by atoms with Crippen LogP contribution in [0, 0.1) is 12.8 Å². The van der Waals surface area contributed by atoms with Gasteiger partial charge in [-0.3, -0.25) is 9.97 Å². The monoisotopic (exact) mass is 305 g/mol. The second-order valence-electron chi connectivity index (χ2n) is 5.40. The van der Waals surface area contributed by atoms with Gasteiger partial charge in [0.2, 0.25) is 0 Å². The number of halogens is 1. The molecule has 4 nitrogen and oxygen atoms in total. The molecule has 0 bridgehead atoms. The lowest BCUT2D eigenvalue weighted by Gasteiger charge is -2.13. The van der Waals surface area contributed by atoms with E-state index >= 15 is 0 Å². The second-order valence-corrected chi connectivity index (χ2v) is 5.84. The van der Waals surface area contributed by atoms with Gasteiger partial charge in [-0.15, -0.1) is 0 Å². The summed E-state index contributed by atoms with van der Waals surface area (Å²) in [5, 5.41) is 3.95. The number of nitrogens with one attached hydrogen (secondary N) is 1. The van der Waals surface area contributed by atoms with E-state index in [1.807, 2.05) is 19.2 Å². The molecule has 2 rings (SSSR count). The van der Waals surface area contributed by atoms with Crippen LogP contribution >= 0.6 is 11.6 Å². The molecule has 112 valence electrons. The predicted octanol–water partition coefficient (Wildman–Crippen LogP) is 3.98. The van der Waals surface area contributed by atoms with Crippen molar-refractivity contribution in [2.45, 2.75) is 27.3 Å². The molecule has 5 heteroatoms. The number of aromatic nitrogens is 2. The minimum Gasteiger partial charge on any atom is -0.455 e. The summed E-state index contributed by atoms with van der Waals surface area (Å²) in [5.74, 6) is 2.01. The molecule has 0 saturated carbocycles. The molecule has 0 saturated heterocycles. The lowest BCUT2D eigenvalue weighted by atomic mass is 10.2. The molecule has 0 atom stereocenters. The Labute approximate surface area is 130 Å². The zero-order valence-electron chi connectivity index (χ0n) is 12.6. The SMILES string of the molecule is Cc1cc(Oc2cncc(Cl)c2)c(CNCC(C)C)cn1. The Hall–Kier alpha value is -1.65. The summed E-state index contributed by atoms with van der Waals surface area (Å²) >= 11 is 5.93. The minimum atomic E-state index is 0.553. The maximum absolute atomic E-state index is 5.93. The van der Waals surface area contributed by atoms with Crippen molar-refractivity contribution in [3.63, 3.8) is 0 Å². The summed E-state index contributed by atoms with van der Waals surface area (Å²) in [7, 11) is 0. The molecule has 2 aromatic rings. The highest BCUT2D eigenvalue weighted by Gasteiger charge is 2.07. The summed E-state index contributed by atoms with van der Waals surface area (Å²) in [6, 6.07) is 3.67. The Morgan fingerprint density at radius 3 is 2.76 bits per heavy atom.